The summed E-state index contributed by atoms with van der Waals surface area (Å²) in [5.41, 5.74) is 1.42. The highest BCUT2D eigenvalue weighted by molar-refractivity contribution is 6.03. The van der Waals surface area contributed by atoms with E-state index in [1.165, 1.54) is 12.5 Å². The molecule has 5 aliphatic carbocycles. The van der Waals surface area contributed by atoms with E-state index < -0.39 is 5.41 Å². The Morgan fingerprint density at radius 2 is 1.70 bits per heavy atom. The van der Waals surface area contributed by atoms with Gasteiger partial charge in [0.05, 0.1) is 16.4 Å². The fourth-order valence-electron chi connectivity index (χ4n) is 11.5. The molecule has 6 aliphatic rings. The van der Waals surface area contributed by atoms with Gasteiger partial charge in [0.1, 0.15) is 12.4 Å². The van der Waals surface area contributed by atoms with Gasteiger partial charge >= 0.3 is 5.97 Å². The number of hydrogen-bond acceptors (Lipinski definition) is 5. The van der Waals surface area contributed by atoms with E-state index in [1.54, 1.807) is 0 Å². The van der Waals surface area contributed by atoms with E-state index in [0.717, 1.165) is 63.2 Å². The summed E-state index contributed by atoms with van der Waals surface area (Å²) in [7, 11) is 0. The van der Waals surface area contributed by atoms with Gasteiger partial charge in [0.15, 0.2) is 5.78 Å². The molecule has 37 heavy (non-hydrogen) atoms. The zero-order valence-electron chi connectivity index (χ0n) is 23.9. The maximum atomic E-state index is 13.3. The molecule has 0 saturated heterocycles. The highest BCUT2D eigenvalue weighted by Crippen LogP contribution is 2.79. The molecule has 0 radical (unpaired) electrons. The molecular formula is C32H45NO4. The van der Waals surface area contributed by atoms with Crippen molar-refractivity contribution in [3.63, 3.8) is 0 Å². The molecule has 0 bridgehead atoms. The van der Waals surface area contributed by atoms with Crippen molar-refractivity contribution in [1.82, 2.24) is 0 Å². The third kappa shape index (κ3) is 2.68. The number of hydrogen-bond donors (Lipinski definition) is 0. The average molecular weight is 508 g/mol. The number of aliphatic imine (C=N–C) groups is 1. The summed E-state index contributed by atoms with van der Waals surface area (Å²) >= 11 is 0. The Kier molecular flexibility index (Phi) is 5.13. The molecule has 4 fully saturated rings. The second-order valence-corrected chi connectivity index (χ2v) is 14.8. The molecule has 1 heterocycles. The summed E-state index contributed by atoms with van der Waals surface area (Å²) < 4.78 is 5.90. The van der Waals surface area contributed by atoms with Crippen molar-refractivity contribution in [3.8, 4) is 0 Å². The maximum absolute atomic E-state index is 13.3. The van der Waals surface area contributed by atoms with Crippen molar-refractivity contribution in [3.05, 3.63) is 11.1 Å². The standard InChI is InChI=1S/C32H45NO4/c1-19(2)25-22(36)16-31(18-34)14-12-27(4)21(26(25)31)8-9-23-28(27,5)13-15-32-29(23,6)11-10-24(37-20(3)35)30(32,7)17-33-32/h17-19,21,23-24H,8-16H2,1-7H3/t21-,23+,24+,27-,28-,29-,30-,31+,32+/m1/s1. The van der Waals surface area contributed by atoms with Crippen molar-refractivity contribution in [2.45, 2.75) is 118 Å². The molecule has 0 aromatic rings. The van der Waals surface area contributed by atoms with E-state index in [2.05, 4.69) is 47.8 Å². The van der Waals surface area contributed by atoms with Gasteiger partial charge < -0.3 is 9.53 Å². The Bertz CT molecular complexity index is 1150. The monoisotopic (exact) mass is 507 g/mol. The lowest BCUT2D eigenvalue weighted by molar-refractivity contribution is -0.237. The topological polar surface area (TPSA) is 72.8 Å². The van der Waals surface area contributed by atoms with E-state index in [0.29, 0.717) is 18.3 Å². The largest absolute Gasteiger partial charge is 0.461 e. The minimum absolute atomic E-state index is 0.0358. The first-order chi connectivity index (χ1) is 17.3. The van der Waals surface area contributed by atoms with E-state index >= 15 is 0 Å². The minimum Gasteiger partial charge on any atom is -0.461 e. The van der Waals surface area contributed by atoms with Crippen molar-refractivity contribution < 1.29 is 19.1 Å². The molecule has 202 valence electrons. The van der Waals surface area contributed by atoms with Crippen LogP contribution in [0, 0.1) is 44.8 Å². The van der Waals surface area contributed by atoms with Gasteiger partial charge in [0.25, 0.3) is 0 Å². The van der Waals surface area contributed by atoms with Crippen LogP contribution in [-0.2, 0) is 19.1 Å². The molecule has 1 aliphatic heterocycles. The highest BCUT2D eigenvalue weighted by Gasteiger charge is 2.77. The Morgan fingerprint density at radius 3 is 2.30 bits per heavy atom. The smallest absolute Gasteiger partial charge is 0.302 e. The van der Waals surface area contributed by atoms with Crippen LogP contribution >= 0.6 is 0 Å². The maximum Gasteiger partial charge on any atom is 0.302 e. The van der Waals surface area contributed by atoms with Gasteiger partial charge in [-0.3, -0.25) is 14.6 Å². The summed E-state index contributed by atoms with van der Waals surface area (Å²) in [4.78, 5) is 43.1. The van der Waals surface area contributed by atoms with Crippen LogP contribution in [0.2, 0.25) is 0 Å². The number of carbonyl (C=O) groups is 3. The average Bonchev–Trinajstić information content (AvgIpc) is 3.13. The molecule has 0 N–H and O–H groups in total. The Labute approximate surface area is 222 Å². The number of rotatable bonds is 3. The molecule has 1 spiro atoms. The van der Waals surface area contributed by atoms with Crippen LogP contribution in [0.25, 0.3) is 0 Å². The van der Waals surface area contributed by atoms with Crippen molar-refractivity contribution in [2.75, 3.05) is 0 Å². The third-order valence-corrected chi connectivity index (χ3v) is 13.5. The fourth-order valence-corrected chi connectivity index (χ4v) is 11.5. The van der Waals surface area contributed by atoms with Crippen LogP contribution in [0.5, 0.6) is 0 Å². The number of fused-ring (bicyclic) bond motifs is 6. The van der Waals surface area contributed by atoms with Gasteiger partial charge in [0, 0.05) is 19.6 Å². The van der Waals surface area contributed by atoms with Gasteiger partial charge in [-0.15, -0.1) is 0 Å². The van der Waals surface area contributed by atoms with E-state index in [-0.39, 0.29) is 51.0 Å². The van der Waals surface area contributed by atoms with Crippen LogP contribution < -0.4 is 0 Å². The molecule has 0 unspecified atom stereocenters. The number of nitrogens with zero attached hydrogens (tertiary/aromatic N) is 1. The number of carbonyl (C=O) groups excluding carboxylic acids is 3. The van der Waals surface area contributed by atoms with Crippen LogP contribution in [0.15, 0.2) is 16.1 Å². The number of Topliss-reactive ketones (excluding diaryl/α,β-unsaturated/α-hetero) is 1. The summed E-state index contributed by atoms with van der Waals surface area (Å²) in [5.74, 6) is 0.981. The van der Waals surface area contributed by atoms with Crippen LogP contribution in [0.4, 0.5) is 0 Å². The first kappa shape index (κ1) is 25.5. The van der Waals surface area contributed by atoms with E-state index in [4.69, 9.17) is 9.73 Å². The van der Waals surface area contributed by atoms with Crippen molar-refractivity contribution in [1.29, 1.82) is 0 Å². The van der Waals surface area contributed by atoms with Gasteiger partial charge in [0.2, 0.25) is 0 Å². The predicted molar refractivity (Wildman–Crippen MR) is 143 cm³/mol. The predicted octanol–water partition coefficient (Wildman–Crippen LogP) is 6.28. The lowest BCUT2D eigenvalue weighted by Crippen LogP contribution is -2.77. The molecule has 0 aromatic carbocycles. The molecule has 5 nitrogen and oxygen atoms in total. The van der Waals surface area contributed by atoms with Gasteiger partial charge in [-0.2, -0.15) is 0 Å². The molecule has 9 atom stereocenters. The Balaban J connectivity index is 1.43. The lowest BCUT2D eigenvalue weighted by atomic mass is 9.30. The summed E-state index contributed by atoms with van der Waals surface area (Å²) in [6, 6.07) is 0. The Morgan fingerprint density at radius 1 is 1.00 bits per heavy atom. The quantitative estimate of drug-likeness (QED) is 0.333. The highest BCUT2D eigenvalue weighted by atomic mass is 16.5. The molecular weight excluding hydrogens is 462 g/mol. The zero-order valence-corrected chi connectivity index (χ0v) is 23.9. The second-order valence-electron chi connectivity index (χ2n) is 14.8. The lowest BCUT2D eigenvalue weighted by Gasteiger charge is -2.76. The van der Waals surface area contributed by atoms with Gasteiger partial charge in [-0.1, -0.05) is 34.6 Å². The normalized spacial score (nSPS) is 51.9. The van der Waals surface area contributed by atoms with E-state index in [1.807, 2.05) is 0 Å². The van der Waals surface area contributed by atoms with E-state index in [9.17, 15) is 14.4 Å². The first-order valence-electron chi connectivity index (χ1n) is 14.7. The molecule has 0 amide bonds. The van der Waals surface area contributed by atoms with Crippen LogP contribution in [-0.4, -0.2) is 35.9 Å². The first-order valence-corrected chi connectivity index (χ1v) is 14.7. The number of ketones is 1. The summed E-state index contributed by atoms with van der Waals surface area (Å²) in [5, 5.41) is 0. The minimum atomic E-state index is -0.567. The molecule has 6 rings (SSSR count). The molecule has 0 aromatic heterocycles. The number of esters is 1. The Hall–Kier alpha value is -1.78. The molecule has 4 saturated carbocycles. The van der Waals surface area contributed by atoms with Crippen molar-refractivity contribution in [2.24, 2.45) is 49.8 Å². The van der Waals surface area contributed by atoms with Crippen LogP contribution in [0.3, 0.4) is 0 Å². The van der Waals surface area contributed by atoms with Gasteiger partial charge in [-0.25, -0.2) is 0 Å². The summed E-state index contributed by atoms with van der Waals surface area (Å²) in [6.45, 7) is 15.6. The van der Waals surface area contributed by atoms with Crippen LogP contribution in [0.1, 0.15) is 106 Å². The van der Waals surface area contributed by atoms with Crippen molar-refractivity contribution >= 4 is 24.3 Å². The molecule has 5 heteroatoms. The number of allylic oxidation sites excluding steroid dienone is 2. The number of aldehydes is 1. The third-order valence-electron chi connectivity index (χ3n) is 13.5. The fraction of sp³-hybridized carbons (Fsp3) is 0.812. The summed E-state index contributed by atoms with van der Waals surface area (Å²) in [6.07, 6.45) is 11.5. The number of ether oxygens (including phenoxy) is 1. The second kappa shape index (κ2) is 7.45. The SMILES string of the molecule is CC(=O)O[C@H]1CC[C@]2(C)[C@H]3CC[C@@H]4C5=C(C(C)C)C(=O)C[C@]5(C=O)CC[C@@]4(C)[C@]3(C)CC[C@]23N=C[C@]13C. The van der Waals surface area contributed by atoms with Gasteiger partial charge in [-0.05, 0) is 103 Å². The zero-order chi connectivity index (χ0) is 26.8.